The van der Waals surface area contributed by atoms with E-state index < -0.39 is 0 Å². The molecular formula is C24H21NO4. The lowest BCUT2D eigenvalue weighted by atomic mass is 9.92. The third-order valence-corrected chi connectivity index (χ3v) is 4.90. The lowest BCUT2D eigenvalue weighted by Crippen LogP contribution is -2.22. The van der Waals surface area contributed by atoms with Crippen LogP contribution < -0.4 is 9.47 Å². The summed E-state index contributed by atoms with van der Waals surface area (Å²) in [7, 11) is 1.60. The van der Waals surface area contributed by atoms with Crippen molar-refractivity contribution >= 4 is 11.5 Å². The molecule has 0 amide bonds. The third kappa shape index (κ3) is 3.85. The number of Topliss-reactive ketones (excluding diaryl/α,β-unsaturated/α-hetero) is 1. The molecule has 3 aromatic carbocycles. The topological polar surface area (TPSA) is 68.1 Å². The molecule has 0 spiro atoms. The molecule has 3 aromatic rings. The summed E-state index contributed by atoms with van der Waals surface area (Å²) in [5.41, 5.74) is 3.30. The van der Waals surface area contributed by atoms with Crippen molar-refractivity contribution in [1.82, 2.24) is 0 Å². The van der Waals surface area contributed by atoms with E-state index >= 15 is 0 Å². The van der Waals surface area contributed by atoms with Crippen LogP contribution in [-0.4, -0.2) is 30.3 Å². The zero-order valence-corrected chi connectivity index (χ0v) is 16.1. The molecule has 0 aliphatic carbocycles. The Hall–Kier alpha value is -3.60. The van der Waals surface area contributed by atoms with Crippen molar-refractivity contribution in [2.24, 2.45) is 4.99 Å². The Labute approximate surface area is 169 Å². The smallest absolute Gasteiger partial charge is 0.215 e. The molecule has 1 aliphatic heterocycles. The summed E-state index contributed by atoms with van der Waals surface area (Å²) in [4.78, 5) is 17.5. The molecule has 146 valence electrons. The van der Waals surface area contributed by atoms with Crippen molar-refractivity contribution < 1.29 is 19.4 Å². The molecule has 29 heavy (non-hydrogen) atoms. The SMILES string of the molecule is COc1cc2c(cc1OCc1ccccc1)C(C(=O)c1ccccc1O)=NCC2. The van der Waals surface area contributed by atoms with Crippen LogP contribution >= 0.6 is 0 Å². The van der Waals surface area contributed by atoms with Crippen LogP contribution in [0.25, 0.3) is 0 Å². The first-order chi connectivity index (χ1) is 14.2. The number of phenols is 1. The normalized spacial score (nSPS) is 12.7. The maximum atomic E-state index is 13.1. The number of carbonyl (C=O) groups excluding carboxylic acids is 1. The highest BCUT2D eigenvalue weighted by atomic mass is 16.5. The van der Waals surface area contributed by atoms with Crippen LogP contribution in [0, 0.1) is 0 Å². The van der Waals surface area contributed by atoms with Gasteiger partial charge in [-0.1, -0.05) is 42.5 Å². The van der Waals surface area contributed by atoms with Gasteiger partial charge in [0.2, 0.25) is 5.78 Å². The van der Waals surface area contributed by atoms with Crippen molar-refractivity contribution in [3.63, 3.8) is 0 Å². The van der Waals surface area contributed by atoms with E-state index in [-0.39, 0.29) is 17.1 Å². The minimum Gasteiger partial charge on any atom is -0.507 e. The largest absolute Gasteiger partial charge is 0.507 e. The number of nitrogens with zero attached hydrogens (tertiary/aromatic N) is 1. The Kier molecular flexibility index (Phi) is 5.29. The number of methoxy groups -OCH3 is 1. The minimum absolute atomic E-state index is 0.0543. The fraction of sp³-hybridized carbons (Fsp3) is 0.167. The van der Waals surface area contributed by atoms with Crippen molar-refractivity contribution in [2.45, 2.75) is 13.0 Å². The second kappa shape index (κ2) is 8.19. The zero-order chi connectivity index (χ0) is 20.2. The van der Waals surface area contributed by atoms with E-state index in [4.69, 9.17) is 9.47 Å². The van der Waals surface area contributed by atoms with E-state index in [0.717, 1.165) is 11.1 Å². The predicted octanol–water partition coefficient (Wildman–Crippen LogP) is 4.21. The van der Waals surface area contributed by atoms with Crippen LogP contribution in [0.2, 0.25) is 0 Å². The average Bonchev–Trinajstić information content (AvgIpc) is 2.77. The molecule has 0 fully saturated rings. The molecule has 0 aromatic heterocycles. The summed E-state index contributed by atoms with van der Waals surface area (Å²) < 4.78 is 11.5. The second-order valence-electron chi connectivity index (χ2n) is 6.76. The summed E-state index contributed by atoms with van der Waals surface area (Å²) in [6.45, 7) is 0.894. The number of carbonyl (C=O) groups is 1. The number of aromatic hydroxyl groups is 1. The molecule has 0 saturated heterocycles. The minimum atomic E-state index is -0.303. The number of rotatable bonds is 6. The van der Waals surface area contributed by atoms with Crippen LogP contribution in [0.4, 0.5) is 0 Å². The maximum absolute atomic E-state index is 13.1. The van der Waals surface area contributed by atoms with Crippen molar-refractivity contribution in [3.8, 4) is 17.2 Å². The van der Waals surface area contributed by atoms with Crippen LogP contribution in [0.5, 0.6) is 17.2 Å². The van der Waals surface area contributed by atoms with Gasteiger partial charge in [-0.15, -0.1) is 0 Å². The van der Waals surface area contributed by atoms with Gasteiger partial charge in [-0.25, -0.2) is 0 Å². The number of aliphatic imine (C=N–C) groups is 1. The van der Waals surface area contributed by atoms with Gasteiger partial charge >= 0.3 is 0 Å². The highest BCUT2D eigenvalue weighted by molar-refractivity contribution is 6.52. The number of ketones is 1. The quantitative estimate of drug-likeness (QED) is 0.644. The van der Waals surface area contributed by atoms with Gasteiger partial charge in [0.05, 0.1) is 12.7 Å². The average molecular weight is 387 g/mol. The van der Waals surface area contributed by atoms with Gasteiger partial charge in [0.15, 0.2) is 11.5 Å². The predicted molar refractivity (Wildman–Crippen MR) is 111 cm³/mol. The second-order valence-corrected chi connectivity index (χ2v) is 6.76. The monoisotopic (exact) mass is 387 g/mol. The maximum Gasteiger partial charge on any atom is 0.215 e. The lowest BCUT2D eigenvalue weighted by molar-refractivity contribution is 0.106. The van der Waals surface area contributed by atoms with E-state index in [0.29, 0.717) is 42.3 Å². The molecular weight excluding hydrogens is 366 g/mol. The summed E-state index contributed by atoms with van der Waals surface area (Å²) in [6, 6.07) is 20.1. The molecule has 1 aliphatic rings. The molecule has 0 radical (unpaired) electrons. The zero-order valence-electron chi connectivity index (χ0n) is 16.1. The molecule has 4 rings (SSSR count). The first-order valence-corrected chi connectivity index (χ1v) is 9.42. The fourth-order valence-corrected chi connectivity index (χ4v) is 3.40. The number of hydrogen-bond acceptors (Lipinski definition) is 5. The van der Waals surface area contributed by atoms with Gasteiger partial charge < -0.3 is 14.6 Å². The number of fused-ring (bicyclic) bond motifs is 1. The molecule has 0 bridgehead atoms. The Morgan fingerprint density at radius 1 is 1.03 bits per heavy atom. The van der Waals surface area contributed by atoms with Crippen molar-refractivity contribution in [2.75, 3.05) is 13.7 Å². The molecule has 1 N–H and O–H groups in total. The van der Waals surface area contributed by atoms with E-state index in [2.05, 4.69) is 4.99 Å². The van der Waals surface area contributed by atoms with E-state index in [1.165, 1.54) is 6.07 Å². The van der Waals surface area contributed by atoms with E-state index in [1.54, 1.807) is 25.3 Å². The Morgan fingerprint density at radius 2 is 1.79 bits per heavy atom. The van der Waals surface area contributed by atoms with Gasteiger partial charge in [-0.05, 0) is 41.8 Å². The molecule has 5 heteroatoms. The van der Waals surface area contributed by atoms with Crippen molar-refractivity contribution in [1.29, 1.82) is 0 Å². The standard InChI is InChI=1S/C24H21NO4/c1-28-21-13-17-11-12-25-23(24(27)18-9-5-6-10-20(18)26)19(17)14-22(21)29-15-16-7-3-2-4-8-16/h2-10,13-14,26H,11-12,15H2,1H3. The Morgan fingerprint density at radius 3 is 2.55 bits per heavy atom. The van der Waals surface area contributed by atoms with Gasteiger partial charge in [0.25, 0.3) is 0 Å². The molecule has 0 unspecified atom stereocenters. The summed E-state index contributed by atoms with van der Waals surface area (Å²) in [5.74, 6) is 0.815. The van der Waals surface area contributed by atoms with Gasteiger partial charge in [-0.3, -0.25) is 9.79 Å². The first-order valence-electron chi connectivity index (χ1n) is 9.42. The van der Waals surface area contributed by atoms with Gasteiger partial charge in [0, 0.05) is 12.1 Å². The van der Waals surface area contributed by atoms with Crippen LogP contribution in [0.1, 0.15) is 27.0 Å². The third-order valence-electron chi connectivity index (χ3n) is 4.90. The summed E-state index contributed by atoms with van der Waals surface area (Å²) >= 11 is 0. The van der Waals surface area contributed by atoms with Crippen LogP contribution in [0.15, 0.2) is 71.7 Å². The molecule has 0 saturated carbocycles. The number of phenolic OH excluding ortho intramolecular Hbond substituents is 1. The lowest BCUT2D eigenvalue weighted by Gasteiger charge is -2.20. The Balaban J connectivity index is 1.69. The van der Waals surface area contributed by atoms with E-state index in [1.807, 2.05) is 42.5 Å². The van der Waals surface area contributed by atoms with Crippen LogP contribution in [-0.2, 0) is 13.0 Å². The number of benzene rings is 3. The first kappa shape index (κ1) is 18.7. The van der Waals surface area contributed by atoms with E-state index in [9.17, 15) is 9.90 Å². The molecule has 0 atom stereocenters. The fourth-order valence-electron chi connectivity index (χ4n) is 3.40. The summed E-state index contributed by atoms with van der Waals surface area (Å²) in [6.07, 6.45) is 0.711. The summed E-state index contributed by atoms with van der Waals surface area (Å²) in [5, 5.41) is 10.1. The van der Waals surface area contributed by atoms with Gasteiger partial charge in [-0.2, -0.15) is 0 Å². The highest BCUT2D eigenvalue weighted by Crippen LogP contribution is 2.34. The molecule has 1 heterocycles. The number of hydrogen-bond donors (Lipinski definition) is 1. The number of para-hydroxylation sites is 1. The van der Waals surface area contributed by atoms with Crippen LogP contribution in [0.3, 0.4) is 0 Å². The highest BCUT2D eigenvalue weighted by Gasteiger charge is 2.25. The Bertz CT molecular complexity index is 1070. The number of ether oxygens (including phenoxy) is 2. The molecule has 5 nitrogen and oxygen atoms in total. The van der Waals surface area contributed by atoms with Gasteiger partial charge in [0.1, 0.15) is 18.1 Å². The van der Waals surface area contributed by atoms with Crippen molar-refractivity contribution in [3.05, 3.63) is 89.0 Å².